The average molecular weight is 871 g/mol. The monoisotopic (exact) mass is 871 g/mol. The summed E-state index contributed by atoms with van der Waals surface area (Å²) in [5.74, 6) is 1.88. The molecule has 5 fully saturated rings. The minimum Gasteiger partial charge on any atom is -0.352 e. The Kier molecular flexibility index (Phi) is 45.8. The van der Waals surface area contributed by atoms with E-state index in [1.54, 1.807) is 7.11 Å². The quantitative estimate of drug-likeness (QED) is 0.0615. The number of hydroxylamine groups is 2. The third-order valence-electron chi connectivity index (χ3n) is 11.2. The van der Waals surface area contributed by atoms with E-state index in [9.17, 15) is 24.0 Å². The van der Waals surface area contributed by atoms with Crippen molar-refractivity contribution in [2.24, 2.45) is 17.8 Å². The fourth-order valence-corrected chi connectivity index (χ4v) is 6.49. The molecule has 3 amide bonds. The summed E-state index contributed by atoms with van der Waals surface area (Å²) in [7, 11) is 6.06. The van der Waals surface area contributed by atoms with E-state index < -0.39 is 11.7 Å². The van der Waals surface area contributed by atoms with Crippen LogP contribution in [0.1, 0.15) is 199 Å². The molecule has 2 atom stereocenters. The third kappa shape index (κ3) is 39.0. The van der Waals surface area contributed by atoms with Crippen LogP contribution in [0.25, 0.3) is 0 Å². The molecule has 12 nitrogen and oxygen atoms in total. The fourth-order valence-electron chi connectivity index (χ4n) is 6.49. The van der Waals surface area contributed by atoms with Crippen LogP contribution >= 0.6 is 0 Å². The number of likely N-dealkylation sites (N-methyl/N-ethyl adjacent to an activating group) is 1. The third-order valence-corrected chi connectivity index (χ3v) is 11.2. The molecule has 0 aromatic rings. The molecule has 0 aromatic carbocycles. The molecule has 2 unspecified atom stereocenters. The standard InChI is InChI=1S/C13H28N2O.C7H10N2O3.C7H15N.C7H14.C5H10.C3H5NO2.C3H8.2C2H6/c1-12(2,3)15(16-5)11-13(14-4)9-7-6-8-10-13;10-4-8-3-6(11)7(12)9-5-1-2-5;1-6-4-5-8(3)7(6)2;1-7-5-3-2-4-6-7;1-2-5-3-4-5;5-2-1-4-3-6;1-3-2;2*1-2/h14H,6-11H2,1-5H3;4-5H,1-3H2,(H,8,10)(H,9,12);6-7H,4-5H2,1-3H3;7H,2-6H2,1H3;5H,2-4H2,1H3;2-3H,1H2,(H,4,6);3H2,1-2H3;2*1-2H3. The number of carbonyl (C=O) groups excluding carboxylic acids is 5. The van der Waals surface area contributed by atoms with Crippen LogP contribution < -0.4 is 21.3 Å². The molecule has 5 rings (SSSR count). The van der Waals surface area contributed by atoms with Crippen LogP contribution in [0.3, 0.4) is 0 Å². The molecule has 4 aliphatic carbocycles. The van der Waals surface area contributed by atoms with Gasteiger partial charge in [0.2, 0.25) is 18.6 Å². The van der Waals surface area contributed by atoms with E-state index in [2.05, 4.69) is 108 Å². The zero-order chi connectivity index (χ0) is 47.7. The molecule has 364 valence electrons. The highest BCUT2D eigenvalue weighted by Gasteiger charge is 2.36. The van der Waals surface area contributed by atoms with Gasteiger partial charge in [0.05, 0.1) is 20.2 Å². The average Bonchev–Trinajstić information content (AvgIpc) is 4.22. The Balaban J connectivity index is -0.000000322. The lowest BCUT2D eigenvalue weighted by atomic mass is 9.81. The molecule has 1 heterocycles. The second-order valence-corrected chi connectivity index (χ2v) is 17.6. The molecule has 0 spiro atoms. The van der Waals surface area contributed by atoms with Gasteiger partial charge in [-0.15, -0.1) is 0 Å². The van der Waals surface area contributed by atoms with Crippen molar-refractivity contribution in [2.75, 3.05) is 47.4 Å². The van der Waals surface area contributed by atoms with Gasteiger partial charge in [0.15, 0.2) is 0 Å². The summed E-state index contributed by atoms with van der Waals surface area (Å²) in [6.07, 6.45) is 24.5. The van der Waals surface area contributed by atoms with Crippen LogP contribution in [-0.4, -0.2) is 111 Å². The number of aldehydes is 1. The largest absolute Gasteiger partial charge is 0.352 e. The number of nitrogens with zero attached hydrogens (tertiary/aromatic N) is 2. The Bertz CT molecular complexity index is 1000. The molecule has 1 saturated heterocycles. The Hall–Kier alpha value is -2.41. The van der Waals surface area contributed by atoms with E-state index in [0.29, 0.717) is 19.1 Å². The van der Waals surface area contributed by atoms with Crippen molar-refractivity contribution in [3.63, 3.8) is 0 Å². The van der Waals surface area contributed by atoms with Crippen molar-refractivity contribution >= 4 is 30.8 Å². The molecule has 12 heteroatoms. The molecule has 0 radical (unpaired) electrons. The smallest absolute Gasteiger partial charge is 0.289 e. The first-order chi connectivity index (χ1) is 29.0. The maximum absolute atomic E-state index is 10.9. The number of hydrogen-bond acceptors (Lipinski definition) is 9. The molecule has 5 aliphatic rings. The highest BCUT2D eigenvalue weighted by atomic mass is 16.7. The number of nitrogens with one attached hydrogen (secondary N) is 4. The van der Waals surface area contributed by atoms with Gasteiger partial charge >= 0.3 is 0 Å². The summed E-state index contributed by atoms with van der Waals surface area (Å²) in [6, 6.07) is 0.993. The predicted octanol–water partition coefficient (Wildman–Crippen LogP) is 9.29. The van der Waals surface area contributed by atoms with Crippen LogP contribution in [0.2, 0.25) is 0 Å². The molecule has 0 aromatic heterocycles. The Morgan fingerprint density at radius 2 is 1.30 bits per heavy atom. The SMILES string of the molecule is CC.CC.CC1CCCCC1.CC1CCN(C)C1C.CCC.CCC1CC1.CNC1(CN(OC)C(C)(C)C)CCCCC1.O=CCNC=O.O=CNCC(=O)C(=O)NC1CC1. The number of rotatable bonds is 13. The minimum atomic E-state index is -0.605. The summed E-state index contributed by atoms with van der Waals surface area (Å²) < 4.78 is 0. The van der Waals surface area contributed by atoms with Crippen molar-refractivity contribution in [1.29, 1.82) is 0 Å². The highest BCUT2D eigenvalue weighted by Crippen LogP contribution is 2.32. The topological polar surface area (TPSA) is 149 Å². The Labute approximate surface area is 377 Å². The molecule has 1 aliphatic heterocycles. The van der Waals surface area contributed by atoms with Crippen molar-refractivity contribution < 1.29 is 28.8 Å². The van der Waals surface area contributed by atoms with Gasteiger partial charge in [0, 0.05) is 29.7 Å². The first-order valence-corrected chi connectivity index (χ1v) is 24.4. The summed E-state index contributed by atoms with van der Waals surface area (Å²) in [5, 5.41) is 12.4. The lowest BCUT2D eigenvalue weighted by molar-refractivity contribution is -0.200. The summed E-state index contributed by atoms with van der Waals surface area (Å²) in [5.41, 5.74) is 0.317. The van der Waals surface area contributed by atoms with Gasteiger partial charge in [-0.1, -0.05) is 139 Å². The second-order valence-electron chi connectivity index (χ2n) is 17.6. The Morgan fingerprint density at radius 1 is 0.787 bits per heavy atom. The normalized spacial score (nSPS) is 19.9. The highest BCUT2D eigenvalue weighted by molar-refractivity contribution is 6.37. The zero-order valence-electron chi connectivity index (χ0n) is 42.8. The number of Topliss-reactive ketones (excluding diaryl/α,β-unsaturated/α-hetero) is 1. The number of likely N-dealkylation sites (tertiary alicyclic amines) is 1. The number of carbonyl (C=O) groups is 5. The number of hydrogen-bond donors (Lipinski definition) is 4. The maximum atomic E-state index is 10.9. The zero-order valence-corrected chi connectivity index (χ0v) is 42.8. The van der Waals surface area contributed by atoms with Gasteiger partial charge in [0.25, 0.3) is 5.91 Å². The Morgan fingerprint density at radius 3 is 1.56 bits per heavy atom. The van der Waals surface area contributed by atoms with Gasteiger partial charge in [-0.05, 0) is 98.2 Å². The first-order valence-electron chi connectivity index (χ1n) is 24.4. The van der Waals surface area contributed by atoms with Crippen molar-refractivity contribution in [3.8, 4) is 0 Å². The van der Waals surface area contributed by atoms with E-state index in [0.717, 1.165) is 43.2 Å². The molecule has 4 saturated carbocycles. The summed E-state index contributed by atoms with van der Waals surface area (Å²) >= 11 is 0. The minimum absolute atomic E-state index is 0.0655. The summed E-state index contributed by atoms with van der Waals surface area (Å²) in [6.45, 7) is 30.3. The fraction of sp³-hybridized carbons (Fsp3) is 0.898. The predicted molar refractivity (Wildman–Crippen MR) is 259 cm³/mol. The van der Waals surface area contributed by atoms with Crippen LogP contribution in [0.5, 0.6) is 0 Å². The van der Waals surface area contributed by atoms with Crippen molar-refractivity contribution in [2.45, 2.75) is 222 Å². The lowest BCUT2D eigenvalue weighted by Gasteiger charge is -2.44. The lowest BCUT2D eigenvalue weighted by Crippen LogP contribution is -2.56. The van der Waals surface area contributed by atoms with Crippen LogP contribution in [0, 0.1) is 17.8 Å². The molecular formula is C49H102N6O6. The van der Waals surface area contributed by atoms with E-state index in [1.807, 2.05) is 27.7 Å². The van der Waals surface area contributed by atoms with Gasteiger partial charge < -0.3 is 35.8 Å². The van der Waals surface area contributed by atoms with E-state index in [-0.39, 0.29) is 30.2 Å². The second kappa shape index (κ2) is 42.9. The van der Waals surface area contributed by atoms with Crippen LogP contribution in [-0.2, 0) is 28.8 Å². The van der Waals surface area contributed by atoms with E-state index in [1.165, 1.54) is 103 Å². The first kappa shape index (κ1) is 65.2. The van der Waals surface area contributed by atoms with Crippen LogP contribution in [0.4, 0.5) is 0 Å². The molecule has 61 heavy (non-hydrogen) atoms. The van der Waals surface area contributed by atoms with E-state index in [4.69, 9.17) is 4.84 Å². The maximum Gasteiger partial charge on any atom is 0.289 e. The van der Waals surface area contributed by atoms with Crippen molar-refractivity contribution in [3.05, 3.63) is 0 Å². The van der Waals surface area contributed by atoms with Gasteiger partial charge in [-0.25, -0.2) is 0 Å². The molecule has 4 N–H and O–H groups in total. The number of ketones is 1. The van der Waals surface area contributed by atoms with Crippen molar-refractivity contribution in [1.82, 2.24) is 31.2 Å². The summed E-state index contributed by atoms with van der Waals surface area (Å²) in [4.78, 5) is 58.1. The molecular weight excluding hydrogens is 769 g/mol. The van der Waals surface area contributed by atoms with Gasteiger partial charge in [-0.2, -0.15) is 5.06 Å². The van der Waals surface area contributed by atoms with E-state index >= 15 is 0 Å². The van der Waals surface area contributed by atoms with Gasteiger partial charge in [0.1, 0.15) is 6.29 Å². The van der Waals surface area contributed by atoms with Crippen LogP contribution in [0.15, 0.2) is 0 Å². The van der Waals surface area contributed by atoms with Gasteiger partial charge in [-0.3, -0.25) is 19.2 Å². The number of amides is 3. The molecule has 0 bridgehead atoms.